The largest absolute Gasteiger partial charge is 0.494 e. The zero-order valence-corrected chi connectivity index (χ0v) is 22.4. The van der Waals surface area contributed by atoms with Gasteiger partial charge in [0.1, 0.15) is 16.9 Å². The Morgan fingerprint density at radius 3 is 2.39 bits per heavy atom. The molecule has 0 saturated carbocycles. The normalized spacial score (nSPS) is 17.3. The van der Waals surface area contributed by atoms with Crippen molar-refractivity contribution in [2.75, 3.05) is 26.8 Å². The summed E-state index contributed by atoms with van der Waals surface area (Å²) in [6.45, 7) is 8.13. The lowest BCUT2D eigenvalue weighted by Crippen LogP contribution is -2.48. The zero-order valence-electron chi connectivity index (χ0n) is 21.6. The van der Waals surface area contributed by atoms with Crippen LogP contribution in [-0.4, -0.2) is 37.5 Å². The van der Waals surface area contributed by atoms with Crippen LogP contribution in [0, 0.1) is 6.92 Å². The van der Waals surface area contributed by atoms with Crippen LogP contribution in [0.5, 0.6) is 11.5 Å². The van der Waals surface area contributed by atoms with E-state index in [2.05, 4.69) is 62.1 Å². The highest BCUT2D eigenvalue weighted by atomic mass is 32.2. The molecule has 4 rings (SSSR count). The molecule has 0 amide bonds. The number of aryl methyl sites for hydroxylation is 1. The van der Waals surface area contributed by atoms with Gasteiger partial charge in [-0.05, 0) is 73.4 Å². The van der Waals surface area contributed by atoms with Gasteiger partial charge in [0.25, 0.3) is 0 Å². The van der Waals surface area contributed by atoms with Gasteiger partial charge in [0.05, 0.1) is 13.2 Å². The van der Waals surface area contributed by atoms with Crippen molar-refractivity contribution in [3.8, 4) is 11.5 Å². The van der Waals surface area contributed by atoms with Crippen LogP contribution in [0.4, 0.5) is 0 Å². The number of nitrogens with zero attached hydrogens (tertiary/aromatic N) is 1. The smallest absolute Gasteiger partial charge is 0.173 e. The van der Waals surface area contributed by atoms with Crippen LogP contribution in [0.25, 0.3) is 0 Å². The van der Waals surface area contributed by atoms with Crippen LogP contribution < -0.4 is 9.47 Å². The topological polar surface area (TPSA) is 38.8 Å². The summed E-state index contributed by atoms with van der Waals surface area (Å²) >= 11 is 1.68. The van der Waals surface area contributed by atoms with Gasteiger partial charge in [-0.3, -0.25) is 4.79 Å². The molecule has 1 aliphatic heterocycles. The van der Waals surface area contributed by atoms with E-state index in [-0.39, 0.29) is 5.78 Å². The van der Waals surface area contributed by atoms with Gasteiger partial charge in [-0.2, -0.15) is 0 Å². The third kappa shape index (κ3) is 5.46. The number of ether oxygens (including phenoxy) is 2. The molecule has 1 heterocycles. The molecule has 3 aromatic carbocycles. The number of carbonyl (C=O) groups is 1. The van der Waals surface area contributed by atoms with Gasteiger partial charge in [0.2, 0.25) is 0 Å². The van der Waals surface area contributed by atoms with Crippen LogP contribution in [0.2, 0.25) is 0 Å². The number of benzene rings is 3. The number of allylic oxidation sites excluding steroid dienone is 1. The van der Waals surface area contributed by atoms with Crippen molar-refractivity contribution >= 4 is 17.5 Å². The number of ketones is 1. The van der Waals surface area contributed by atoms with Gasteiger partial charge < -0.3 is 14.4 Å². The summed E-state index contributed by atoms with van der Waals surface area (Å²) in [5.41, 5.74) is 2.12. The maximum atomic E-state index is 13.9. The second kappa shape index (κ2) is 11.7. The van der Waals surface area contributed by atoms with E-state index < -0.39 is 5.41 Å². The fourth-order valence-electron chi connectivity index (χ4n) is 4.75. The second-order valence-corrected chi connectivity index (χ2v) is 10.4. The van der Waals surface area contributed by atoms with E-state index in [4.69, 9.17) is 9.47 Å². The predicted octanol–water partition coefficient (Wildman–Crippen LogP) is 7.04. The van der Waals surface area contributed by atoms with E-state index in [0.717, 1.165) is 50.8 Å². The molecule has 1 unspecified atom stereocenters. The molecular formula is C31H35NO3S. The summed E-state index contributed by atoms with van der Waals surface area (Å²) < 4.78 is 12.0. The van der Waals surface area contributed by atoms with E-state index in [1.165, 1.54) is 0 Å². The highest BCUT2D eigenvalue weighted by molar-refractivity contribution is 7.99. The summed E-state index contributed by atoms with van der Waals surface area (Å²) in [6.07, 6.45) is 5.45. The van der Waals surface area contributed by atoms with Crippen molar-refractivity contribution < 1.29 is 14.3 Å². The first-order valence-electron chi connectivity index (χ1n) is 12.6. The third-order valence-electron chi connectivity index (χ3n) is 6.35. The van der Waals surface area contributed by atoms with Crippen LogP contribution in [-0.2, 0) is 10.2 Å². The molecule has 0 spiro atoms. The summed E-state index contributed by atoms with van der Waals surface area (Å²) in [4.78, 5) is 18.1. The quantitative estimate of drug-likeness (QED) is 0.298. The minimum absolute atomic E-state index is 0.0772. The summed E-state index contributed by atoms with van der Waals surface area (Å²) in [6, 6.07) is 22.6. The summed E-state index contributed by atoms with van der Waals surface area (Å²) in [5.74, 6) is 1.74. The molecule has 0 radical (unpaired) electrons. The SMILES string of the molecule is CCCOc1cccc(Sc2cccc(C3(c4c(C)cccc4OCCC)CN(C)C=CC3=O)c2)c1. The van der Waals surface area contributed by atoms with Gasteiger partial charge in [-0.25, -0.2) is 0 Å². The van der Waals surface area contributed by atoms with E-state index in [0.29, 0.717) is 19.8 Å². The van der Waals surface area contributed by atoms with E-state index in [1.807, 2.05) is 43.6 Å². The molecular weight excluding hydrogens is 466 g/mol. The number of likely N-dealkylation sites (N-methyl/N-ethyl adjacent to an activating group) is 1. The minimum atomic E-state index is -0.861. The first kappa shape index (κ1) is 25.9. The summed E-state index contributed by atoms with van der Waals surface area (Å²) in [5, 5.41) is 0. The minimum Gasteiger partial charge on any atom is -0.494 e. The Morgan fingerprint density at radius 2 is 1.61 bits per heavy atom. The average Bonchev–Trinajstić information content (AvgIpc) is 2.88. The molecule has 0 bridgehead atoms. The fraction of sp³-hybridized carbons (Fsp3) is 0.323. The first-order valence-corrected chi connectivity index (χ1v) is 13.5. The molecule has 0 aromatic heterocycles. The van der Waals surface area contributed by atoms with E-state index >= 15 is 0 Å². The Bertz CT molecular complexity index is 1240. The lowest BCUT2D eigenvalue weighted by Gasteiger charge is -2.40. The van der Waals surface area contributed by atoms with Crippen molar-refractivity contribution in [1.82, 2.24) is 4.90 Å². The van der Waals surface area contributed by atoms with Crippen LogP contribution in [0.3, 0.4) is 0 Å². The van der Waals surface area contributed by atoms with Gasteiger partial charge in [-0.1, -0.05) is 55.9 Å². The number of hydrogen-bond donors (Lipinski definition) is 0. The Morgan fingerprint density at radius 1 is 0.917 bits per heavy atom. The van der Waals surface area contributed by atoms with Crippen molar-refractivity contribution in [2.45, 2.75) is 48.8 Å². The molecule has 4 nitrogen and oxygen atoms in total. The Hall–Kier alpha value is -3.18. The monoisotopic (exact) mass is 501 g/mol. The van der Waals surface area contributed by atoms with Gasteiger partial charge in [0.15, 0.2) is 5.78 Å². The van der Waals surface area contributed by atoms with Gasteiger partial charge in [-0.15, -0.1) is 0 Å². The maximum absolute atomic E-state index is 13.9. The second-order valence-electron chi connectivity index (χ2n) is 9.25. The highest BCUT2D eigenvalue weighted by Gasteiger charge is 2.46. The van der Waals surface area contributed by atoms with Gasteiger partial charge >= 0.3 is 0 Å². The number of carbonyl (C=O) groups excluding carboxylic acids is 1. The van der Waals surface area contributed by atoms with Crippen molar-refractivity contribution in [3.05, 3.63) is 95.7 Å². The molecule has 0 aliphatic carbocycles. The third-order valence-corrected chi connectivity index (χ3v) is 7.33. The first-order chi connectivity index (χ1) is 17.5. The Balaban J connectivity index is 1.79. The van der Waals surface area contributed by atoms with Crippen LogP contribution in [0.15, 0.2) is 88.8 Å². The van der Waals surface area contributed by atoms with Gasteiger partial charge in [0, 0.05) is 35.1 Å². The lowest BCUT2D eigenvalue weighted by molar-refractivity contribution is -0.119. The predicted molar refractivity (Wildman–Crippen MR) is 147 cm³/mol. The molecule has 36 heavy (non-hydrogen) atoms. The standard InChI is InChI=1S/C31H35NO3S/c1-5-18-34-25-12-9-14-27(21-25)36-26-13-8-11-24(20-26)31(22-32(4)17-16-29(31)33)30-23(3)10-7-15-28(30)35-19-6-2/h7-17,20-21H,5-6,18-19,22H2,1-4H3. The summed E-state index contributed by atoms with van der Waals surface area (Å²) in [7, 11) is 2.02. The Labute approximate surface area is 219 Å². The molecule has 0 saturated heterocycles. The zero-order chi connectivity index (χ0) is 25.5. The Kier molecular flexibility index (Phi) is 8.42. The molecule has 188 valence electrons. The average molecular weight is 502 g/mol. The molecule has 1 atom stereocenters. The lowest BCUT2D eigenvalue weighted by atomic mass is 9.68. The van der Waals surface area contributed by atoms with E-state index in [9.17, 15) is 4.79 Å². The van der Waals surface area contributed by atoms with Crippen molar-refractivity contribution in [2.24, 2.45) is 0 Å². The molecule has 5 heteroatoms. The number of rotatable bonds is 10. The van der Waals surface area contributed by atoms with Crippen LogP contribution in [0.1, 0.15) is 43.4 Å². The fourth-order valence-corrected chi connectivity index (χ4v) is 5.68. The maximum Gasteiger partial charge on any atom is 0.173 e. The molecule has 0 N–H and O–H groups in total. The van der Waals surface area contributed by atoms with E-state index in [1.54, 1.807) is 17.8 Å². The molecule has 1 aliphatic rings. The van der Waals surface area contributed by atoms with Crippen LogP contribution >= 0.6 is 11.8 Å². The van der Waals surface area contributed by atoms with Crippen molar-refractivity contribution in [3.63, 3.8) is 0 Å². The highest BCUT2D eigenvalue weighted by Crippen LogP contribution is 2.44. The molecule has 0 fully saturated rings. The molecule has 3 aromatic rings. The van der Waals surface area contributed by atoms with Crippen molar-refractivity contribution in [1.29, 1.82) is 0 Å². The number of hydrogen-bond acceptors (Lipinski definition) is 5.